The number of benzene rings is 1. The van der Waals surface area contributed by atoms with Crippen molar-refractivity contribution >= 4 is 15.9 Å². The number of carbonyl (C=O) groups excluding carboxylic acids is 1. The van der Waals surface area contributed by atoms with Gasteiger partial charge < -0.3 is 15.4 Å². The van der Waals surface area contributed by atoms with E-state index in [0.717, 1.165) is 38.8 Å². The summed E-state index contributed by atoms with van der Waals surface area (Å²) in [5.74, 6) is -0.186. The molecular weight excluding hydrogens is 366 g/mol. The van der Waals surface area contributed by atoms with E-state index in [2.05, 4.69) is 10.6 Å². The van der Waals surface area contributed by atoms with Gasteiger partial charge in [0.15, 0.2) is 0 Å². The topological polar surface area (TPSA) is 87.7 Å². The molecule has 8 heteroatoms. The highest BCUT2D eigenvalue weighted by Crippen LogP contribution is 2.28. The molecule has 0 radical (unpaired) electrons. The Balaban J connectivity index is 1.63. The molecule has 2 heterocycles. The van der Waals surface area contributed by atoms with Crippen LogP contribution in [0, 0.1) is 5.41 Å². The number of nitrogens with zero attached hydrogens (tertiary/aromatic N) is 1. The summed E-state index contributed by atoms with van der Waals surface area (Å²) in [4.78, 5) is 12.8. The summed E-state index contributed by atoms with van der Waals surface area (Å²) in [5, 5.41) is 6.33. The highest BCUT2D eigenvalue weighted by molar-refractivity contribution is 7.89. The Bertz CT molecular complexity index is 731. The number of ether oxygens (including phenoxy) is 1. The summed E-state index contributed by atoms with van der Waals surface area (Å²) in [6.45, 7) is 4.14. The van der Waals surface area contributed by atoms with E-state index in [-0.39, 0.29) is 16.2 Å². The minimum atomic E-state index is -3.45. The first-order chi connectivity index (χ1) is 13.0. The fourth-order valence-electron chi connectivity index (χ4n) is 3.86. The number of piperidine rings is 1. The third-order valence-corrected chi connectivity index (χ3v) is 7.47. The molecule has 3 rings (SSSR count). The smallest absolute Gasteiger partial charge is 0.251 e. The van der Waals surface area contributed by atoms with Crippen LogP contribution >= 0.6 is 0 Å². The number of rotatable bonds is 7. The number of hydrogen-bond acceptors (Lipinski definition) is 5. The molecule has 1 aromatic carbocycles. The van der Waals surface area contributed by atoms with E-state index in [9.17, 15) is 13.2 Å². The van der Waals surface area contributed by atoms with Crippen LogP contribution in [0.25, 0.3) is 0 Å². The summed E-state index contributed by atoms with van der Waals surface area (Å²) in [6.07, 6.45) is 3.71. The third-order valence-electron chi connectivity index (χ3n) is 5.56. The summed E-state index contributed by atoms with van der Waals surface area (Å²) >= 11 is 0. The second kappa shape index (κ2) is 8.68. The Hall–Kier alpha value is -1.48. The summed E-state index contributed by atoms with van der Waals surface area (Å²) in [6, 6.07) is 6.23. The fraction of sp³-hybridized carbons (Fsp3) is 0.632. The van der Waals surface area contributed by atoms with Gasteiger partial charge in [-0.1, -0.05) is 0 Å². The maximum Gasteiger partial charge on any atom is 0.251 e. The molecule has 0 spiro atoms. The molecule has 0 aromatic heterocycles. The third kappa shape index (κ3) is 4.68. The first-order valence-electron chi connectivity index (χ1n) is 9.55. The van der Waals surface area contributed by atoms with Crippen molar-refractivity contribution in [2.45, 2.75) is 30.6 Å². The molecular formula is C19H29N3O4S. The zero-order chi connectivity index (χ0) is 19.3. The van der Waals surface area contributed by atoms with Gasteiger partial charge in [0.1, 0.15) is 0 Å². The van der Waals surface area contributed by atoms with Crippen molar-refractivity contribution < 1.29 is 17.9 Å². The number of carbonyl (C=O) groups is 1. The van der Waals surface area contributed by atoms with Gasteiger partial charge in [-0.3, -0.25) is 4.79 Å². The van der Waals surface area contributed by atoms with E-state index in [0.29, 0.717) is 31.8 Å². The lowest BCUT2D eigenvalue weighted by molar-refractivity contribution is 0.0511. The van der Waals surface area contributed by atoms with Gasteiger partial charge in [-0.2, -0.15) is 4.31 Å². The molecule has 2 aliphatic rings. The van der Waals surface area contributed by atoms with Crippen molar-refractivity contribution in [1.82, 2.24) is 14.9 Å². The van der Waals surface area contributed by atoms with Crippen molar-refractivity contribution in [3.05, 3.63) is 29.8 Å². The van der Waals surface area contributed by atoms with Gasteiger partial charge in [0.25, 0.3) is 5.91 Å². The maximum absolute atomic E-state index is 12.6. The predicted molar refractivity (Wildman–Crippen MR) is 103 cm³/mol. The monoisotopic (exact) mass is 395 g/mol. The molecule has 1 aromatic rings. The van der Waals surface area contributed by atoms with Crippen LogP contribution in [-0.2, 0) is 14.8 Å². The molecule has 27 heavy (non-hydrogen) atoms. The van der Waals surface area contributed by atoms with E-state index < -0.39 is 10.0 Å². The molecule has 0 atom stereocenters. The number of nitrogens with one attached hydrogen (secondary N) is 2. The van der Waals surface area contributed by atoms with Crippen LogP contribution in [0.3, 0.4) is 0 Å². The van der Waals surface area contributed by atoms with Crippen LogP contribution in [0.15, 0.2) is 29.2 Å². The average Bonchev–Trinajstić information content (AvgIpc) is 3.23. The van der Waals surface area contributed by atoms with Crippen molar-refractivity contribution in [3.8, 4) is 0 Å². The van der Waals surface area contributed by atoms with Gasteiger partial charge in [0.05, 0.1) is 11.5 Å². The van der Waals surface area contributed by atoms with Crippen LogP contribution < -0.4 is 10.6 Å². The summed E-state index contributed by atoms with van der Waals surface area (Å²) in [7, 11) is -1.76. The van der Waals surface area contributed by atoms with Gasteiger partial charge in [-0.25, -0.2) is 8.42 Å². The van der Waals surface area contributed by atoms with Gasteiger partial charge in [0.2, 0.25) is 10.0 Å². The number of methoxy groups -OCH3 is 1. The second-order valence-electron chi connectivity index (χ2n) is 7.50. The lowest BCUT2D eigenvalue weighted by Gasteiger charge is -2.37. The molecule has 0 saturated carbocycles. The molecule has 1 amide bonds. The summed E-state index contributed by atoms with van der Waals surface area (Å²) < 4.78 is 32.0. The fourth-order valence-corrected chi connectivity index (χ4v) is 5.38. The number of hydrogen-bond donors (Lipinski definition) is 2. The molecule has 2 fully saturated rings. The van der Waals surface area contributed by atoms with Crippen molar-refractivity contribution in [1.29, 1.82) is 0 Å². The van der Waals surface area contributed by atoms with Crippen LogP contribution in [-0.4, -0.2) is 65.1 Å². The maximum atomic E-state index is 12.6. The largest absolute Gasteiger partial charge is 0.384 e. The molecule has 2 N–H and O–H groups in total. The Morgan fingerprint density at radius 3 is 2.41 bits per heavy atom. The molecule has 7 nitrogen and oxygen atoms in total. The van der Waals surface area contributed by atoms with Crippen molar-refractivity contribution in [2.75, 3.05) is 46.4 Å². The zero-order valence-electron chi connectivity index (χ0n) is 15.9. The van der Waals surface area contributed by atoms with E-state index in [1.54, 1.807) is 19.2 Å². The lowest BCUT2D eigenvalue weighted by atomic mass is 9.79. The van der Waals surface area contributed by atoms with E-state index in [4.69, 9.17) is 4.74 Å². The first-order valence-corrected chi connectivity index (χ1v) is 11.0. The quantitative estimate of drug-likeness (QED) is 0.725. The minimum absolute atomic E-state index is 0.0469. The standard InChI is InChI=1S/C19H29N3O4S/c1-26-15-19(8-10-20-11-9-19)14-21-18(23)16-4-6-17(7-5-16)27(24,25)22-12-2-3-13-22/h4-7,20H,2-3,8-15H2,1H3,(H,21,23). The van der Waals surface area contributed by atoms with Gasteiger partial charge in [-0.05, 0) is 63.0 Å². The second-order valence-corrected chi connectivity index (χ2v) is 9.44. The number of sulfonamides is 1. The van der Waals surface area contributed by atoms with Crippen LogP contribution in [0.5, 0.6) is 0 Å². The normalized spacial score (nSPS) is 20.5. The Morgan fingerprint density at radius 1 is 1.19 bits per heavy atom. The Morgan fingerprint density at radius 2 is 1.81 bits per heavy atom. The van der Waals surface area contributed by atoms with E-state index >= 15 is 0 Å². The molecule has 0 unspecified atom stereocenters. The van der Waals surface area contributed by atoms with Crippen LogP contribution in [0.1, 0.15) is 36.0 Å². The molecule has 2 saturated heterocycles. The lowest BCUT2D eigenvalue weighted by Crippen LogP contribution is -2.47. The summed E-state index contributed by atoms with van der Waals surface area (Å²) in [5.41, 5.74) is 0.422. The van der Waals surface area contributed by atoms with Gasteiger partial charge in [-0.15, -0.1) is 0 Å². The SMILES string of the molecule is COCC1(CNC(=O)c2ccc(S(=O)(=O)N3CCCC3)cc2)CCNCC1. The van der Waals surface area contributed by atoms with Crippen LogP contribution in [0.4, 0.5) is 0 Å². The predicted octanol–water partition coefficient (Wildman–Crippen LogP) is 1.22. The average molecular weight is 396 g/mol. The molecule has 0 aliphatic carbocycles. The van der Waals surface area contributed by atoms with E-state index in [1.807, 2.05) is 0 Å². The van der Waals surface area contributed by atoms with Crippen LogP contribution in [0.2, 0.25) is 0 Å². The number of amides is 1. The first kappa shape index (κ1) is 20.3. The van der Waals surface area contributed by atoms with E-state index in [1.165, 1.54) is 16.4 Å². The molecule has 2 aliphatic heterocycles. The van der Waals surface area contributed by atoms with Crippen molar-refractivity contribution in [2.24, 2.45) is 5.41 Å². The Labute approximate surface area is 161 Å². The Kier molecular flexibility index (Phi) is 6.52. The molecule has 150 valence electrons. The zero-order valence-corrected chi connectivity index (χ0v) is 16.7. The van der Waals surface area contributed by atoms with Gasteiger partial charge >= 0.3 is 0 Å². The molecule has 0 bridgehead atoms. The highest BCUT2D eigenvalue weighted by Gasteiger charge is 2.32. The minimum Gasteiger partial charge on any atom is -0.384 e. The highest BCUT2D eigenvalue weighted by atomic mass is 32.2. The van der Waals surface area contributed by atoms with Crippen molar-refractivity contribution in [3.63, 3.8) is 0 Å². The van der Waals surface area contributed by atoms with Gasteiger partial charge in [0, 0.05) is 37.7 Å².